The molecule has 0 aromatic carbocycles. The molecule has 0 saturated carbocycles. The van der Waals surface area contributed by atoms with E-state index in [0.29, 0.717) is 24.5 Å². The molecule has 1 aliphatic rings. The molecule has 1 aromatic heterocycles. The van der Waals surface area contributed by atoms with Crippen LogP contribution in [-0.4, -0.2) is 43.6 Å². The van der Waals surface area contributed by atoms with Crippen LogP contribution >= 0.6 is 0 Å². The summed E-state index contributed by atoms with van der Waals surface area (Å²) in [7, 11) is -3.35. The molecule has 1 saturated heterocycles. The van der Waals surface area contributed by atoms with Gasteiger partial charge in [0.15, 0.2) is 0 Å². The lowest BCUT2D eigenvalue weighted by Gasteiger charge is -2.24. The fourth-order valence-corrected chi connectivity index (χ4v) is 4.11. The molecule has 1 unspecified atom stereocenters. The van der Waals surface area contributed by atoms with Crippen LogP contribution in [0.15, 0.2) is 10.6 Å². The Kier molecular flexibility index (Phi) is 5.78. The highest BCUT2D eigenvalue weighted by Crippen LogP contribution is 2.15. The molecular formula is C14H25N3O3S. The van der Waals surface area contributed by atoms with Crippen LogP contribution in [-0.2, 0) is 15.8 Å². The quantitative estimate of drug-likeness (QED) is 0.790. The van der Waals surface area contributed by atoms with Crippen LogP contribution in [0, 0.1) is 6.92 Å². The van der Waals surface area contributed by atoms with Gasteiger partial charge in [-0.15, -0.1) is 0 Å². The van der Waals surface area contributed by atoms with Gasteiger partial charge in [0.25, 0.3) is 0 Å². The average molecular weight is 315 g/mol. The van der Waals surface area contributed by atoms with E-state index in [1.54, 1.807) is 17.3 Å². The van der Waals surface area contributed by atoms with Crippen LogP contribution in [0.3, 0.4) is 0 Å². The van der Waals surface area contributed by atoms with Gasteiger partial charge in [0.05, 0.1) is 0 Å². The van der Waals surface area contributed by atoms with Gasteiger partial charge in [-0.25, -0.2) is 12.7 Å². The van der Waals surface area contributed by atoms with Gasteiger partial charge in [-0.1, -0.05) is 18.5 Å². The fraction of sp³-hybridized carbons (Fsp3) is 0.786. The molecule has 2 heterocycles. The summed E-state index contributed by atoms with van der Waals surface area (Å²) < 4.78 is 31.8. The van der Waals surface area contributed by atoms with Crippen molar-refractivity contribution in [1.82, 2.24) is 14.8 Å². The summed E-state index contributed by atoms with van der Waals surface area (Å²) in [5, 5.41) is 7.16. The van der Waals surface area contributed by atoms with Crippen molar-refractivity contribution in [3.8, 4) is 0 Å². The van der Waals surface area contributed by atoms with E-state index in [9.17, 15) is 8.42 Å². The molecule has 1 atom stereocenters. The van der Waals surface area contributed by atoms with Crippen molar-refractivity contribution in [2.75, 3.05) is 19.6 Å². The molecule has 1 N–H and O–H groups in total. The summed E-state index contributed by atoms with van der Waals surface area (Å²) in [6.45, 7) is 5.95. The maximum absolute atomic E-state index is 12.6. The second-order valence-corrected chi connectivity index (χ2v) is 7.66. The highest BCUT2D eigenvalue weighted by Gasteiger charge is 2.27. The zero-order chi connectivity index (χ0) is 15.3. The third-order valence-electron chi connectivity index (χ3n) is 3.75. The molecule has 2 rings (SSSR count). The topological polar surface area (TPSA) is 75.4 Å². The number of nitrogens with zero attached hydrogens (tertiary/aromatic N) is 2. The number of unbranched alkanes of at least 4 members (excludes halogenated alkanes) is 1. The van der Waals surface area contributed by atoms with Gasteiger partial charge in [-0.05, 0) is 32.7 Å². The zero-order valence-electron chi connectivity index (χ0n) is 12.8. The first-order valence-electron chi connectivity index (χ1n) is 7.64. The summed E-state index contributed by atoms with van der Waals surface area (Å²) in [6.07, 6.45) is 4.02. The van der Waals surface area contributed by atoms with E-state index in [1.807, 2.05) is 0 Å². The van der Waals surface area contributed by atoms with Crippen LogP contribution in [0.25, 0.3) is 0 Å². The summed E-state index contributed by atoms with van der Waals surface area (Å²) in [5.74, 6) is 0.554. The number of aromatic nitrogens is 1. The van der Waals surface area contributed by atoms with E-state index >= 15 is 0 Å². The van der Waals surface area contributed by atoms with Crippen LogP contribution in [0.5, 0.6) is 0 Å². The third kappa shape index (κ3) is 4.79. The largest absolute Gasteiger partial charge is 0.361 e. The molecule has 120 valence electrons. The number of hydrogen-bond acceptors (Lipinski definition) is 5. The number of hydrogen-bond donors (Lipinski definition) is 1. The minimum atomic E-state index is -3.35. The van der Waals surface area contributed by atoms with Crippen molar-refractivity contribution in [3.05, 3.63) is 17.5 Å². The van der Waals surface area contributed by atoms with E-state index in [4.69, 9.17) is 4.52 Å². The van der Waals surface area contributed by atoms with Gasteiger partial charge in [-0.3, -0.25) is 0 Å². The summed E-state index contributed by atoms with van der Waals surface area (Å²) in [6, 6.07) is 1.96. The molecule has 0 bridgehead atoms. The molecular weight excluding hydrogens is 290 g/mol. The van der Waals surface area contributed by atoms with Crippen LogP contribution < -0.4 is 5.32 Å². The Hall–Kier alpha value is -0.920. The first kappa shape index (κ1) is 16.5. The first-order valence-corrected chi connectivity index (χ1v) is 9.25. The summed E-state index contributed by atoms with van der Waals surface area (Å²) in [5.41, 5.74) is 0.480. The first-order chi connectivity index (χ1) is 10.0. The Morgan fingerprint density at radius 1 is 1.52 bits per heavy atom. The molecule has 0 aliphatic carbocycles. The van der Waals surface area contributed by atoms with Gasteiger partial charge in [0, 0.05) is 25.2 Å². The van der Waals surface area contributed by atoms with Crippen LogP contribution in [0.4, 0.5) is 0 Å². The molecule has 21 heavy (non-hydrogen) atoms. The van der Waals surface area contributed by atoms with E-state index in [1.165, 1.54) is 0 Å². The monoisotopic (exact) mass is 315 g/mol. The van der Waals surface area contributed by atoms with Gasteiger partial charge in [-0.2, -0.15) is 0 Å². The number of sulfonamides is 1. The maximum atomic E-state index is 12.6. The molecule has 1 fully saturated rings. The Labute approximate surface area is 126 Å². The van der Waals surface area contributed by atoms with E-state index in [-0.39, 0.29) is 11.8 Å². The van der Waals surface area contributed by atoms with Gasteiger partial charge >= 0.3 is 0 Å². The number of aryl methyl sites for hydroxylation is 1. The fourth-order valence-electron chi connectivity index (χ4n) is 2.60. The lowest BCUT2D eigenvalue weighted by molar-refractivity contribution is 0.361. The predicted molar refractivity (Wildman–Crippen MR) is 81.4 cm³/mol. The second-order valence-electron chi connectivity index (χ2n) is 5.69. The molecule has 1 aromatic rings. The Morgan fingerprint density at radius 3 is 2.90 bits per heavy atom. The summed E-state index contributed by atoms with van der Waals surface area (Å²) in [4.78, 5) is 0. The van der Waals surface area contributed by atoms with Gasteiger partial charge in [0.1, 0.15) is 17.2 Å². The van der Waals surface area contributed by atoms with Gasteiger partial charge < -0.3 is 9.84 Å². The van der Waals surface area contributed by atoms with E-state index in [0.717, 1.165) is 32.2 Å². The highest BCUT2D eigenvalue weighted by atomic mass is 32.2. The Bertz CT molecular complexity index is 535. The van der Waals surface area contributed by atoms with Crippen molar-refractivity contribution in [2.45, 2.75) is 51.3 Å². The smallest absolute Gasteiger partial charge is 0.220 e. The molecule has 1 aliphatic heterocycles. The maximum Gasteiger partial charge on any atom is 0.220 e. The second kappa shape index (κ2) is 7.38. The third-order valence-corrected chi connectivity index (χ3v) is 5.53. The van der Waals surface area contributed by atoms with Crippen LogP contribution in [0.1, 0.15) is 44.1 Å². The van der Waals surface area contributed by atoms with Gasteiger partial charge in [0.2, 0.25) is 10.0 Å². The highest BCUT2D eigenvalue weighted by molar-refractivity contribution is 7.88. The molecule has 0 spiro atoms. The molecule has 0 radical (unpaired) electrons. The minimum Gasteiger partial charge on any atom is -0.361 e. The lowest BCUT2D eigenvalue weighted by Crippen LogP contribution is -2.42. The van der Waals surface area contributed by atoms with Crippen molar-refractivity contribution >= 4 is 10.0 Å². The standard InChI is InChI=1S/C14H25N3O3S/c1-3-4-8-17(10-13-6-5-7-15-13)21(18,19)11-14-9-12(2)20-16-14/h9,13,15H,3-8,10-11H2,1-2H3. The minimum absolute atomic E-state index is 0.0826. The average Bonchev–Trinajstić information content (AvgIpc) is 3.06. The van der Waals surface area contributed by atoms with Crippen molar-refractivity contribution in [1.29, 1.82) is 0 Å². The predicted octanol–water partition coefficient (Wildman–Crippen LogP) is 1.67. The normalized spacial score (nSPS) is 19.5. The van der Waals surface area contributed by atoms with E-state index < -0.39 is 10.0 Å². The Morgan fingerprint density at radius 2 is 2.33 bits per heavy atom. The molecule has 7 heteroatoms. The van der Waals surface area contributed by atoms with E-state index in [2.05, 4.69) is 17.4 Å². The SMILES string of the molecule is CCCCN(CC1CCCN1)S(=O)(=O)Cc1cc(C)on1. The molecule has 6 nitrogen and oxygen atoms in total. The van der Waals surface area contributed by atoms with Crippen molar-refractivity contribution in [2.24, 2.45) is 0 Å². The number of nitrogens with one attached hydrogen (secondary N) is 1. The van der Waals surface area contributed by atoms with Crippen molar-refractivity contribution < 1.29 is 12.9 Å². The lowest BCUT2D eigenvalue weighted by atomic mass is 10.2. The van der Waals surface area contributed by atoms with Crippen LogP contribution in [0.2, 0.25) is 0 Å². The zero-order valence-corrected chi connectivity index (χ0v) is 13.7. The summed E-state index contributed by atoms with van der Waals surface area (Å²) >= 11 is 0. The Balaban J connectivity index is 2.05. The van der Waals surface area contributed by atoms with Crippen molar-refractivity contribution in [3.63, 3.8) is 0 Å². The molecule has 0 amide bonds. The number of rotatable bonds is 8.